The molecule has 35 heavy (non-hydrogen) atoms. The number of aromatic nitrogens is 6. The van der Waals surface area contributed by atoms with Gasteiger partial charge < -0.3 is 19.7 Å². The normalized spacial score (nSPS) is 14.7. The highest BCUT2D eigenvalue weighted by molar-refractivity contribution is 5.97. The van der Waals surface area contributed by atoms with Gasteiger partial charge in [0.25, 0.3) is 5.91 Å². The lowest BCUT2D eigenvalue weighted by Gasteiger charge is -2.34. The molecule has 0 bridgehead atoms. The fraction of sp³-hybridized carbons (Fsp3) is 0.250. The number of hydrogen-bond acceptors (Lipinski definition) is 9. The molecule has 1 amide bonds. The molecule has 1 aliphatic rings. The van der Waals surface area contributed by atoms with Crippen LogP contribution in [-0.2, 0) is 6.61 Å². The van der Waals surface area contributed by atoms with Crippen LogP contribution in [0.2, 0.25) is 0 Å². The van der Waals surface area contributed by atoms with Crippen molar-refractivity contribution < 1.29 is 19.2 Å². The molecule has 4 aromatic heterocycles. The molecule has 1 unspecified atom stereocenters. The topological polar surface area (TPSA) is 141 Å². The Morgan fingerprint density at radius 3 is 2.77 bits per heavy atom. The maximum absolute atomic E-state index is 12.9. The molecule has 5 aromatic rings. The summed E-state index contributed by atoms with van der Waals surface area (Å²) < 4.78 is 13.0. The lowest BCUT2D eigenvalue weighted by molar-refractivity contribution is 0.0450. The van der Waals surface area contributed by atoms with Crippen molar-refractivity contribution in [2.45, 2.75) is 32.1 Å². The molecule has 0 spiro atoms. The standard InChI is InChI=1S/C24H21N7O4/c32-13-16-11-19(30-35-16)21-28-27-20-17-8-1-2-9-18(17)24(29-31(20)21)34-23(14-5-3-6-14)26-22(33)15-7-4-10-25-12-15/h1-2,4,7-12,14,23,32H,3,5-6,13H2,(H,26,33). The number of aliphatic hydroxyl groups excluding tert-OH is 1. The SMILES string of the molecule is O=C(NC(Oc1nn2c(-c3cc(CO)on3)nnc2c2ccccc12)C1CCC1)c1cccnc1. The number of ether oxygens (including phenoxy) is 1. The van der Waals surface area contributed by atoms with Gasteiger partial charge >= 0.3 is 0 Å². The lowest BCUT2D eigenvalue weighted by atomic mass is 9.84. The largest absolute Gasteiger partial charge is 0.452 e. The molecule has 176 valence electrons. The fourth-order valence-electron chi connectivity index (χ4n) is 4.11. The molecule has 2 N–H and O–H groups in total. The zero-order valence-corrected chi connectivity index (χ0v) is 18.5. The molecule has 11 heteroatoms. The second kappa shape index (κ2) is 8.76. The highest BCUT2D eigenvalue weighted by atomic mass is 16.5. The van der Waals surface area contributed by atoms with E-state index in [0.717, 1.165) is 30.0 Å². The third kappa shape index (κ3) is 3.85. The van der Waals surface area contributed by atoms with Gasteiger partial charge in [0.2, 0.25) is 11.7 Å². The third-order valence-electron chi connectivity index (χ3n) is 6.19. The van der Waals surface area contributed by atoms with Crippen LogP contribution >= 0.6 is 0 Å². The smallest absolute Gasteiger partial charge is 0.255 e. The summed E-state index contributed by atoms with van der Waals surface area (Å²) in [4.78, 5) is 16.9. The number of benzene rings is 1. The Kier molecular flexibility index (Phi) is 5.30. The number of pyridine rings is 1. The van der Waals surface area contributed by atoms with Crippen LogP contribution in [0.15, 0.2) is 59.4 Å². The summed E-state index contributed by atoms with van der Waals surface area (Å²) >= 11 is 0. The minimum Gasteiger partial charge on any atom is -0.452 e. The Morgan fingerprint density at radius 1 is 1.20 bits per heavy atom. The molecule has 1 aliphatic carbocycles. The van der Waals surface area contributed by atoms with Crippen molar-refractivity contribution in [2.75, 3.05) is 0 Å². The summed E-state index contributed by atoms with van der Waals surface area (Å²) in [6, 6.07) is 12.6. The average Bonchev–Trinajstić information content (AvgIpc) is 3.50. The molecule has 1 atom stereocenters. The summed E-state index contributed by atoms with van der Waals surface area (Å²) in [5.41, 5.74) is 1.37. The van der Waals surface area contributed by atoms with Crippen molar-refractivity contribution >= 4 is 22.3 Å². The van der Waals surface area contributed by atoms with Gasteiger partial charge in [0.15, 0.2) is 23.3 Å². The number of nitrogens with one attached hydrogen (secondary N) is 1. The molecular weight excluding hydrogens is 450 g/mol. The van der Waals surface area contributed by atoms with E-state index in [-0.39, 0.29) is 18.4 Å². The first-order valence-corrected chi connectivity index (χ1v) is 11.3. The average molecular weight is 471 g/mol. The minimum atomic E-state index is -0.571. The predicted octanol–water partition coefficient (Wildman–Crippen LogP) is 2.75. The van der Waals surface area contributed by atoms with Crippen molar-refractivity contribution in [3.05, 3.63) is 66.2 Å². The molecule has 11 nitrogen and oxygen atoms in total. The van der Waals surface area contributed by atoms with Crippen LogP contribution < -0.4 is 10.1 Å². The Morgan fingerprint density at radius 2 is 2.06 bits per heavy atom. The quantitative estimate of drug-likeness (QED) is 0.343. The molecule has 1 saturated carbocycles. The van der Waals surface area contributed by atoms with E-state index < -0.39 is 6.23 Å². The third-order valence-corrected chi connectivity index (χ3v) is 6.19. The Bertz CT molecular complexity index is 1510. The molecule has 0 aliphatic heterocycles. The van der Waals surface area contributed by atoms with Gasteiger partial charge in [-0.2, -0.15) is 4.52 Å². The molecule has 4 heterocycles. The van der Waals surface area contributed by atoms with E-state index in [4.69, 9.17) is 14.4 Å². The van der Waals surface area contributed by atoms with E-state index in [9.17, 15) is 9.90 Å². The molecular formula is C24H21N7O4. The number of hydrogen-bond donors (Lipinski definition) is 2. The van der Waals surface area contributed by atoms with Crippen molar-refractivity contribution in [3.63, 3.8) is 0 Å². The van der Waals surface area contributed by atoms with Crippen LogP contribution in [0.5, 0.6) is 5.88 Å². The van der Waals surface area contributed by atoms with E-state index in [1.165, 1.54) is 10.7 Å². The van der Waals surface area contributed by atoms with Gasteiger partial charge in [0.05, 0.1) is 5.56 Å². The van der Waals surface area contributed by atoms with Crippen molar-refractivity contribution in [1.82, 2.24) is 35.3 Å². The van der Waals surface area contributed by atoms with Gasteiger partial charge in [-0.25, -0.2) is 0 Å². The number of rotatable bonds is 7. The van der Waals surface area contributed by atoms with E-state index in [1.54, 1.807) is 24.4 Å². The van der Waals surface area contributed by atoms with Crippen LogP contribution in [0.1, 0.15) is 35.4 Å². The van der Waals surface area contributed by atoms with Gasteiger partial charge in [-0.15, -0.1) is 15.3 Å². The number of fused-ring (bicyclic) bond motifs is 3. The summed E-state index contributed by atoms with van der Waals surface area (Å²) in [6.45, 7) is -0.284. The Labute approximate surface area is 198 Å². The first-order chi connectivity index (χ1) is 17.2. The van der Waals surface area contributed by atoms with Crippen LogP contribution in [0.25, 0.3) is 27.9 Å². The highest BCUT2D eigenvalue weighted by Gasteiger charge is 2.32. The van der Waals surface area contributed by atoms with Gasteiger partial charge in [0, 0.05) is 35.2 Å². The number of aliphatic hydroxyl groups is 1. The fourth-order valence-corrected chi connectivity index (χ4v) is 4.11. The summed E-state index contributed by atoms with van der Waals surface area (Å²) in [5.74, 6) is 0.888. The predicted molar refractivity (Wildman–Crippen MR) is 123 cm³/mol. The Hall–Kier alpha value is -4.38. The maximum Gasteiger partial charge on any atom is 0.255 e. The van der Waals surface area contributed by atoms with E-state index in [2.05, 4.69) is 25.7 Å². The molecule has 1 aromatic carbocycles. The molecule has 0 saturated heterocycles. The monoisotopic (exact) mass is 471 g/mol. The summed E-state index contributed by atoms with van der Waals surface area (Å²) in [6.07, 6.45) is 5.54. The first kappa shape index (κ1) is 21.2. The van der Waals surface area contributed by atoms with Crippen LogP contribution in [-0.4, -0.2) is 47.2 Å². The van der Waals surface area contributed by atoms with Crippen molar-refractivity contribution in [2.24, 2.45) is 5.92 Å². The van der Waals surface area contributed by atoms with Gasteiger partial charge in [-0.05, 0) is 31.0 Å². The zero-order chi connectivity index (χ0) is 23.8. The number of carbonyl (C=O) groups is 1. The van der Waals surface area contributed by atoms with Gasteiger partial charge in [0.1, 0.15) is 6.61 Å². The van der Waals surface area contributed by atoms with Crippen LogP contribution in [0.3, 0.4) is 0 Å². The number of carbonyl (C=O) groups excluding carboxylic acids is 1. The van der Waals surface area contributed by atoms with E-state index in [0.29, 0.717) is 34.4 Å². The molecule has 0 radical (unpaired) electrons. The maximum atomic E-state index is 12.9. The first-order valence-electron chi connectivity index (χ1n) is 11.3. The van der Waals surface area contributed by atoms with Crippen LogP contribution in [0, 0.1) is 5.92 Å². The second-order valence-electron chi connectivity index (χ2n) is 8.39. The number of amides is 1. The van der Waals surface area contributed by atoms with Crippen LogP contribution in [0.4, 0.5) is 0 Å². The number of nitrogens with zero attached hydrogens (tertiary/aromatic N) is 6. The summed E-state index contributed by atoms with van der Waals surface area (Å²) in [5, 5.41) is 31.1. The van der Waals surface area contributed by atoms with Gasteiger partial charge in [-0.1, -0.05) is 29.8 Å². The highest BCUT2D eigenvalue weighted by Crippen LogP contribution is 2.34. The minimum absolute atomic E-state index is 0.162. The Balaban J connectivity index is 1.41. The second-order valence-corrected chi connectivity index (χ2v) is 8.39. The zero-order valence-electron chi connectivity index (χ0n) is 18.5. The lowest BCUT2D eigenvalue weighted by Crippen LogP contribution is -2.47. The van der Waals surface area contributed by atoms with Crippen molar-refractivity contribution in [3.8, 4) is 17.4 Å². The van der Waals surface area contributed by atoms with Crippen molar-refractivity contribution in [1.29, 1.82) is 0 Å². The van der Waals surface area contributed by atoms with Gasteiger partial charge in [-0.3, -0.25) is 9.78 Å². The molecule has 6 rings (SSSR count). The summed E-state index contributed by atoms with van der Waals surface area (Å²) in [7, 11) is 0. The van der Waals surface area contributed by atoms with E-state index in [1.807, 2.05) is 24.3 Å². The van der Waals surface area contributed by atoms with E-state index >= 15 is 0 Å². The molecule has 1 fully saturated rings.